The number of benzene rings is 1. The number of nitrogens with zero attached hydrogens (tertiary/aromatic N) is 2. The molecular formula is C20H31N3O2. The van der Waals surface area contributed by atoms with Gasteiger partial charge < -0.3 is 15.1 Å². The summed E-state index contributed by atoms with van der Waals surface area (Å²) in [5.41, 5.74) is 6.07. The Bertz CT molecular complexity index is 621. The fourth-order valence-corrected chi connectivity index (χ4v) is 3.33. The minimum atomic E-state index is -0.0186. The zero-order chi connectivity index (χ0) is 18.6. The molecule has 138 valence electrons. The van der Waals surface area contributed by atoms with Crippen molar-refractivity contribution >= 4 is 11.9 Å². The lowest BCUT2D eigenvalue weighted by Gasteiger charge is -2.35. The highest BCUT2D eigenvalue weighted by atomic mass is 16.2. The van der Waals surface area contributed by atoms with Crippen molar-refractivity contribution in [1.29, 1.82) is 0 Å². The van der Waals surface area contributed by atoms with Crippen molar-refractivity contribution < 1.29 is 9.59 Å². The van der Waals surface area contributed by atoms with Crippen LogP contribution in [0.2, 0.25) is 0 Å². The van der Waals surface area contributed by atoms with Gasteiger partial charge in [-0.1, -0.05) is 13.0 Å². The van der Waals surface area contributed by atoms with Gasteiger partial charge in [-0.25, -0.2) is 4.79 Å². The smallest absolute Gasteiger partial charge is 0.317 e. The van der Waals surface area contributed by atoms with Crippen LogP contribution < -0.4 is 5.32 Å². The number of aryl methyl sites for hydroxylation is 2. The van der Waals surface area contributed by atoms with Crippen molar-refractivity contribution in [2.24, 2.45) is 0 Å². The first kappa shape index (κ1) is 19.3. The summed E-state index contributed by atoms with van der Waals surface area (Å²) in [5.74, 6) is 0.157. The van der Waals surface area contributed by atoms with E-state index < -0.39 is 0 Å². The summed E-state index contributed by atoms with van der Waals surface area (Å²) in [6.45, 7) is 13.6. The predicted octanol–water partition coefficient (Wildman–Crippen LogP) is 2.73. The van der Waals surface area contributed by atoms with Gasteiger partial charge >= 0.3 is 6.03 Å². The highest BCUT2D eigenvalue weighted by Crippen LogP contribution is 2.22. The largest absolute Gasteiger partial charge is 0.339 e. The Morgan fingerprint density at radius 3 is 2.00 bits per heavy atom. The molecule has 0 radical (unpaired) electrons. The summed E-state index contributed by atoms with van der Waals surface area (Å²) in [6.07, 6.45) is 1.38. The average molecular weight is 345 g/mol. The van der Waals surface area contributed by atoms with Gasteiger partial charge in [0.15, 0.2) is 0 Å². The van der Waals surface area contributed by atoms with Gasteiger partial charge in [-0.3, -0.25) is 4.79 Å². The number of amides is 3. The number of piperazine rings is 1. The van der Waals surface area contributed by atoms with Crippen LogP contribution in [0.25, 0.3) is 0 Å². The zero-order valence-corrected chi connectivity index (χ0v) is 16.2. The highest BCUT2D eigenvalue weighted by Gasteiger charge is 2.24. The van der Waals surface area contributed by atoms with Gasteiger partial charge in [0.05, 0.1) is 6.42 Å². The Hall–Kier alpha value is -2.04. The number of hydrogen-bond acceptors (Lipinski definition) is 2. The van der Waals surface area contributed by atoms with E-state index in [1.807, 2.05) is 11.8 Å². The van der Waals surface area contributed by atoms with Crippen LogP contribution in [-0.4, -0.2) is 54.5 Å². The van der Waals surface area contributed by atoms with Crippen molar-refractivity contribution in [2.75, 3.05) is 32.7 Å². The summed E-state index contributed by atoms with van der Waals surface area (Å²) in [4.78, 5) is 28.4. The number of carbonyl (C=O) groups excluding carboxylic acids is 2. The SMILES string of the molecule is CCCNC(=O)N1CCN(C(=O)Cc2c(C)c(C)cc(C)c2C)CC1. The molecule has 1 N–H and O–H groups in total. The highest BCUT2D eigenvalue weighted by molar-refractivity contribution is 5.80. The topological polar surface area (TPSA) is 52.7 Å². The molecule has 2 rings (SSSR count). The van der Waals surface area contributed by atoms with E-state index in [1.54, 1.807) is 4.90 Å². The maximum Gasteiger partial charge on any atom is 0.317 e. The molecule has 1 aromatic rings. The molecule has 1 aromatic carbocycles. The molecule has 0 unspecified atom stereocenters. The first-order valence-corrected chi connectivity index (χ1v) is 9.22. The third-order valence-electron chi connectivity index (χ3n) is 5.30. The van der Waals surface area contributed by atoms with Crippen molar-refractivity contribution in [1.82, 2.24) is 15.1 Å². The Kier molecular flexibility index (Phi) is 6.45. The standard InChI is InChI=1S/C20H31N3O2/c1-6-7-21-20(25)23-10-8-22(9-11-23)19(24)13-18-16(4)14(2)12-15(3)17(18)5/h12H,6-11,13H2,1-5H3,(H,21,25). The van der Waals surface area contributed by atoms with Gasteiger partial charge in [0, 0.05) is 32.7 Å². The second-order valence-corrected chi connectivity index (χ2v) is 7.02. The van der Waals surface area contributed by atoms with E-state index in [-0.39, 0.29) is 11.9 Å². The quantitative estimate of drug-likeness (QED) is 0.912. The molecule has 3 amide bonds. The van der Waals surface area contributed by atoms with Crippen LogP contribution in [0.1, 0.15) is 41.2 Å². The zero-order valence-electron chi connectivity index (χ0n) is 16.2. The molecule has 0 saturated carbocycles. The molecule has 0 aliphatic carbocycles. The lowest BCUT2D eigenvalue weighted by molar-refractivity contribution is -0.131. The third-order valence-corrected chi connectivity index (χ3v) is 5.30. The van der Waals surface area contributed by atoms with E-state index in [0.717, 1.165) is 12.0 Å². The first-order chi connectivity index (χ1) is 11.8. The number of carbonyl (C=O) groups is 2. The van der Waals surface area contributed by atoms with Gasteiger partial charge in [0.1, 0.15) is 0 Å². The molecular weight excluding hydrogens is 314 g/mol. The van der Waals surface area contributed by atoms with E-state index >= 15 is 0 Å². The number of hydrogen-bond donors (Lipinski definition) is 1. The molecule has 1 fully saturated rings. The predicted molar refractivity (Wildman–Crippen MR) is 101 cm³/mol. The lowest BCUT2D eigenvalue weighted by Crippen LogP contribution is -2.53. The minimum Gasteiger partial charge on any atom is -0.339 e. The summed E-state index contributed by atoms with van der Waals surface area (Å²) < 4.78 is 0. The van der Waals surface area contributed by atoms with Crippen LogP contribution in [-0.2, 0) is 11.2 Å². The molecule has 0 atom stereocenters. The van der Waals surface area contributed by atoms with Gasteiger partial charge in [0.2, 0.25) is 5.91 Å². The lowest BCUT2D eigenvalue weighted by atomic mass is 9.92. The summed E-state index contributed by atoms with van der Waals surface area (Å²) in [7, 11) is 0. The van der Waals surface area contributed by atoms with Crippen molar-refractivity contribution in [3.05, 3.63) is 33.9 Å². The minimum absolute atomic E-state index is 0.0186. The van der Waals surface area contributed by atoms with E-state index in [1.165, 1.54) is 22.3 Å². The molecule has 1 aliphatic heterocycles. The Morgan fingerprint density at radius 1 is 0.960 bits per heavy atom. The van der Waals surface area contributed by atoms with Crippen LogP contribution >= 0.6 is 0 Å². The molecule has 25 heavy (non-hydrogen) atoms. The molecule has 0 aromatic heterocycles. The second kappa shape index (κ2) is 8.37. The van der Waals surface area contributed by atoms with Crippen LogP contribution in [0.5, 0.6) is 0 Å². The van der Waals surface area contributed by atoms with Gasteiger partial charge in [0.25, 0.3) is 0 Å². The summed E-state index contributed by atoms with van der Waals surface area (Å²) in [6, 6.07) is 2.17. The van der Waals surface area contributed by atoms with Gasteiger partial charge in [-0.05, 0) is 61.9 Å². The average Bonchev–Trinajstić information content (AvgIpc) is 2.61. The molecule has 1 aliphatic rings. The van der Waals surface area contributed by atoms with Crippen molar-refractivity contribution in [3.8, 4) is 0 Å². The van der Waals surface area contributed by atoms with Crippen molar-refractivity contribution in [3.63, 3.8) is 0 Å². The van der Waals surface area contributed by atoms with Crippen molar-refractivity contribution in [2.45, 2.75) is 47.5 Å². The van der Waals surface area contributed by atoms with E-state index in [2.05, 4.69) is 39.1 Å². The molecule has 0 spiro atoms. The second-order valence-electron chi connectivity index (χ2n) is 7.02. The number of urea groups is 1. The fourth-order valence-electron chi connectivity index (χ4n) is 3.33. The Morgan fingerprint density at radius 2 is 1.48 bits per heavy atom. The molecule has 1 saturated heterocycles. The molecule has 1 heterocycles. The third kappa shape index (κ3) is 4.53. The number of rotatable bonds is 4. The molecule has 0 bridgehead atoms. The van der Waals surface area contributed by atoms with Crippen LogP contribution in [0.4, 0.5) is 4.79 Å². The maximum absolute atomic E-state index is 12.7. The van der Waals surface area contributed by atoms with E-state index in [0.29, 0.717) is 39.1 Å². The Labute approximate surface area is 151 Å². The fraction of sp³-hybridized carbons (Fsp3) is 0.600. The molecule has 5 heteroatoms. The van der Waals surface area contributed by atoms with Crippen LogP contribution in [0.3, 0.4) is 0 Å². The van der Waals surface area contributed by atoms with E-state index in [9.17, 15) is 9.59 Å². The summed E-state index contributed by atoms with van der Waals surface area (Å²) >= 11 is 0. The maximum atomic E-state index is 12.7. The normalized spacial score (nSPS) is 14.6. The van der Waals surface area contributed by atoms with Crippen LogP contribution in [0, 0.1) is 27.7 Å². The first-order valence-electron chi connectivity index (χ1n) is 9.22. The van der Waals surface area contributed by atoms with Gasteiger partial charge in [-0.15, -0.1) is 0 Å². The van der Waals surface area contributed by atoms with Crippen LogP contribution in [0.15, 0.2) is 6.07 Å². The monoisotopic (exact) mass is 345 g/mol. The summed E-state index contributed by atoms with van der Waals surface area (Å²) in [5, 5.41) is 2.90. The number of nitrogens with one attached hydrogen (secondary N) is 1. The van der Waals surface area contributed by atoms with Gasteiger partial charge in [-0.2, -0.15) is 0 Å². The van der Waals surface area contributed by atoms with E-state index in [4.69, 9.17) is 0 Å². The Balaban J connectivity index is 1.97. The molecule has 5 nitrogen and oxygen atoms in total.